The van der Waals surface area contributed by atoms with Gasteiger partial charge in [-0.2, -0.15) is 0 Å². The second kappa shape index (κ2) is 6.81. The Labute approximate surface area is 151 Å². The van der Waals surface area contributed by atoms with E-state index >= 15 is 0 Å². The third-order valence-corrected chi connectivity index (χ3v) is 5.48. The zero-order valence-corrected chi connectivity index (χ0v) is 14.4. The highest BCUT2D eigenvalue weighted by Crippen LogP contribution is 2.35. The van der Waals surface area contributed by atoms with Gasteiger partial charge in [-0.05, 0) is 23.8 Å². The van der Waals surface area contributed by atoms with Crippen LogP contribution in [0, 0.1) is 16.0 Å². The molecule has 1 fully saturated rings. The second-order valence-corrected chi connectivity index (χ2v) is 7.21. The minimum absolute atomic E-state index is 0.0627. The maximum absolute atomic E-state index is 12.6. The monoisotopic (exact) mass is 380 g/mol. The van der Waals surface area contributed by atoms with Crippen LogP contribution in [0.4, 0.5) is 5.00 Å². The molecule has 2 atom stereocenters. The molecule has 0 saturated carbocycles. The number of carbonyl (C=O) groups is 2. The van der Waals surface area contributed by atoms with Crippen molar-refractivity contribution in [3.05, 3.63) is 62.0 Å². The summed E-state index contributed by atoms with van der Waals surface area (Å²) in [5.74, 6) is -2.46. The van der Waals surface area contributed by atoms with Gasteiger partial charge in [0, 0.05) is 30.1 Å². The lowest BCUT2D eigenvalue weighted by Gasteiger charge is -2.15. The van der Waals surface area contributed by atoms with E-state index in [1.54, 1.807) is 24.3 Å². The molecule has 0 aliphatic carbocycles. The number of rotatable bonds is 4. The Balaban J connectivity index is 1.83. The molecule has 25 heavy (non-hydrogen) atoms. The largest absolute Gasteiger partial charge is 0.481 e. The van der Waals surface area contributed by atoms with Gasteiger partial charge in [0.2, 0.25) is 0 Å². The molecule has 1 aliphatic rings. The van der Waals surface area contributed by atoms with Crippen molar-refractivity contribution in [3.63, 3.8) is 0 Å². The first-order chi connectivity index (χ1) is 11.9. The Morgan fingerprint density at radius 3 is 2.44 bits per heavy atom. The molecule has 1 aromatic heterocycles. The quantitative estimate of drug-likeness (QED) is 0.648. The number of hydrogen-bond acceptors (Lipinski definition) is 5. The molecule has 2 aromatic rings. The molecular formula is C16H13ClN2O5S. The number of nitrogens with zero attached hydrogens (tertiary/aromatic N) is 2. The molecule has 1 aliphatic heterocycles. The molecule has 0 bridgehead atoms. The van der Waals surface area contributed by atoms with Gasteiger partial charge in [-0.15, -0.1) is 0 Å². The number of nitro groups is 1. The summed E-state index contributed by atoms with van der Waals surface area (Å²) in [5, 5.41) is 20.7. The Bertz CT molecular complexity index is 835. The number of likely N-dealkylation sites (tertiary alicyclic amines) is 1. The molecule has 1 saturated heterocycles. The number of hydrogen-bond donors (Lipinski definition) is 1. The first-order valence-electron chi connectivity index (χ1n) is 7.38. The number of carboxylic acid groups (broad SMARTS) is 1. The summed E-state index contributed by atoms with van der Waals surface area (Å²) in [6.45, 7) is 0.302. The topological polar surface area (TPSA) is 101 Å². The van der Waals surface area contributed by atoms with Crippen LogP contribution in [0.25, 0.3) is 0 Å². The normalized spacial score (nSPS) is 19.8. The van der Waals surface area contributed by atoms with Crippen LogP contribution < -0.4 is 0 Å². The van der Waals surface area contributed by atoms with Gasteiger partial charge in [0.05, 0.1) is 15.7 Å². The fourth-order valence-electron chi connectivity index (χ4n) is 2.96. The molecule has 1 amide bonds. The van der Waals surface area contributed by atoms with Crippen LogP contribution in [0.3, 0.4) is 0 Å². The van der Waals surface area contributed by atoms with Crippen molar-refractivity contribution < 1.29 is 19.6 Å². The molecule has 7 nitrogen and oxygen atoms in total. The highest BCUT2D eigenvalue weighted by molar-refractivity contribution is 7.17. The van der Waals surface area contributed by atoms with Gasteiger partial charge in [-0.25, -0.2) is 0 Å². The number of aliphatic carboxylic acids is 1. The number of thiophene rings is 1. The number of halogens is 1. The number of amides is 1. The number of carbonyl (C=O) groups excluding carboxylic acids is 1. The van der Waals surface area contributed by atoms with E-state index in [4.69, 9.17) is 11.6 Å². The zero-order valence-electron chi connectivity index (χ0n) is 12.8. The van der Waals surface area contributed by atoms with Crippen molar-refractivity contribution in [3.8, 4) is 0 Å². The summed E-state index contributed by atoms with van der Waals surface area (Å²) in [7, 11) is 0. The van der Waals surface area contributed by atoms with Gasteiger partial charge in [-0.3, -0.25) is 19.7 Å². The molecule has 9 heteroatoms. The molecule has 3 rings (SSSR count). The minimum Gasteiger partial charge on any atom is -0.481 e. The molecule has 2 heterocycles. The number of benzene rings is 1. The average Bonchev–Trinajstić information content (AvgIpc) is 3.22. The van der Waals surface area contributed by atoms with E-state index in [0.29, 0.717) is 5.02 Å². The zero-order chi connectivity index (χ0) is 18.1. The summed E-state index contributed by atoms with van der Waals surface area (Å²) >= 11 is 6.66. The first kappa shape index (κ1) is 17.4. The summed E-state index contributed by atoms with van der Waals surface area (Å²) in [4.78, 5) is 36.1. The van der Waals surface area contributed by atoms with Crippen molar-refractivity contribution in [2.45, 2.75) is 5.92 Å². The van der Waals surface area contributed by atoms with E-state index < -0.39 is 16.8 Å². The highest BCUT2D eigenvalue weighted by Gasteiger charge is 2.41. The first-order valence-corrected chi connectivity index (χ1v) is 8.58. The van der Waals surface area contributed by atoms with Crippen molar-refractivity contribution in [1.82, 2.24) is 4.90 Å². The van der Waals surface area contributed by atoms with Crippen LogP contribution in [0.2, 0.25) is 5.02 Å². The van der Waals surface area contributed by atoms with E-state index in [9.17, 15) is 24.8 Å². The Hall–Kier alpha value is -2.45. The fourth-order valence-corrected chi connectivity index (χ4v) is 3.88. The van der Waals surface area contributed by atoms with Crippen LogP contribution in [-0.2, 0) is 4.79 Å². The maximum atomic E-state index is 12.6. The van der Waals surface area contributed by atoms with E-state index in [-0.39, 0.29) is 34.8 Å². The van der Waals surface area contributed by atoms with Crippen molar-refractivity contribution in [1.29, 1.82) is 0 Å². The van der Waals surface area contributed by atoms with Crippen molar-refractivity contribution >= 4 is 39.8 Å². The standard InChI is InChI=1S/C16H13ClN2O5S/c17-10-3-1-9(2-4-10)11-7-18(8-12(11)16(21)22)15(20)13-5-6-14(25-13)19(23)24/h1-6,11-12H,7-8H2,(H,21,22)/t11-,12+/m0/s1. The fraction of sp³-hybridized carbons (Fsp3) is 0.250. The van der Waals surface area contributed by atoms with Gasteiger partial charge in [-0.1, -0.05) is 35.1 Å². The molecular weight excluding hydrogens is 368 g/mol. The Kier molecular flexibility index (Phi) is 4.73. The second-order valence-electron chi connectivity index (χ2n) is 5.71. The van der Waals surface area contributed by atoms with Crippen LogP contribution in [0.15, 0.2) is 36.4 Å². The van der Waals surface area contributed by atoms with Crippen LogP contribution in [-0.4, -0.2) is 39.9 Å². The van der Waals surface area contributed by atoms with Crippen LogP contribution >= 0.6 is 22.9 Å². The lowest BCUT2D eigenvalue weighted by Crippen LogP contribution is -2.29. The van der Waals surface area contributed by atoms with E-state index in [2.05, 4.69) is 0 Å². The minimum atomic E-state index is -0.979. The summed E-state index contributed by atoms with van der Waals surface area (Å²) < 4.78 is 0. The average molecular weight is 381 g/mol. The lowest BCUT2D eigenvalue weighted by molar-refractivity contribution is -0.380. The van der Waals surface area contributed by atoms with Gasteiger partial charge in [0.1, 0.15) is 0 Å². The highest BCUT2D eigenvalue weighted by atomic mass is 35.5. The van der Waals surface area contributed by atoms with Gasteiger partial charge >= 0.3 is 11.0 Å². The summed E-state index contributed by atoms with van der Waals surface area (Å²) in [5.41, 5.74) is 0.796. The summed E-state index contributed by atoms with van der Waals surface area (Å²) in [6, 6.07) is 9.56. The molecule has 1 aromatic carbocycles. The molecule has 130 valence electrons. The predicted molar refractivity (Wildman–Crippen MR) is 92.2 cm³/mol. The van der Waals surface area contributed by atoms with E-state index in [0.717, 1.165) is 16.9 Å². The van der Waals surface area contributed by atoms with E-state index in [1.165, 1.54) is 17.0 Å². The summed E-state index contributed by atoms with van der Waals surface area (Å²) in [6.07, 6.45) is 0. The molecule has 0 radical (unpaired) electrons. The molecule has 1 N–H and O–H groups in total. The van der Waals surface area contributed by atoms with E-state index in [1.807, 2.05) is 0 Å². The molecule has 0 spiro atoms. The lowest BCUT2D eigenvalue weighted by atomic mass is 9.89. The predicted octanol–water partition coefficient (Wildman–Crippen LogP) is 3.25. The maximum Gasteiger partial charge on any atom is 0.324 e. The van der Waals surface area contributed by atoms with Gasteiger partial charge in [0.25, 0.3) is 5.91 Å². The van der Waals surface area contributed by atoms with Gasteiger partial charge < -0.3 is 10.0 Å². The number of carboxylic acids is 1. The van der Waals surface area contributed by atoms with Crippen LogP contribution in [0.1, 0.15) is 21.2 Å². The van der Waals surface area contributed by atoms with Crippen molar-refractivity contribution in [2.75, 3.05) is 13.1 Å². The third-order valence-electron chi connectivity index (χ3n) is 4.20. The SMILES string of the molecule is O=C(O)[C@@H]1CN(C(=O)c2ccc([N+](=O)[O-])s2)C[C@H]1c1ccc(Cl)cc1. The van der Waals surface area contributed by atoms with Gasteiger partial charge in [0.15, 0.2) is 0 Å². The smallest absolute Gasteiger partial charge is 0.324 e. The third kappa shape index (κ3) is 3.49. The van der Waals surface area contributed by atoms with Crippen molar-refractivity contribution in [2.24, 2.45) is 5.92 Å². The Morgan fingerprint density at radius 1 is 1.20 bits per heavy atom. The Morgan fingerprint density at radius 2 is 1.88 bits per heavy atom. The van der Waals surface area contributed by atoms with Crippen LogP contribution in [0.5, 0.6) is 0 Å². The molecule has 0 unspecified atom stereocenters.